The SMILES string of the molecule is COCC(=O)NCC1Cc2cc(-c3cccc(OC(F)(F)F)c3)ccc2O1. The molecule has 0 spiro atoms. The summed E-state index contributed by atoms with van der Waals surface area (Å²) in [6, 6.07) is 11.2. The Bertz CT molecular complexity index is 823. The molecular formula is C19H18F3NO4. The fourth-order valence-corrected chi connectivity index (χ4v) is 2.90. The molecule has 5 nitrogen and oxygen atoms in total. The van der Waals surface area contributed by atoms with E-state index in [-0.39, 0.29) is 24.4 Å². The van der Waals surface area contributed by atoms with E-state index in [2.05, 4.69) is 10.1 Å². The third kappa shape index (κ3) is 5.13. The van der Waals surface area contributed by atoms with Crippen molar-refractivity contribution in [3.63, 3.8) is 0 Å². The lowest BCUT2D eigenvalue weighted by molar-refractivity contribution is -0.274. The second-order valence-electron chi connectivity index (χ2n) is 6.08. The van der Waals surface area contributed by atoms with Gasteiger partial charge in [0.25, 0.3) is 0 Å². The Morgan fingerprint density at radius 1 is 1.22 bits per heavy atom. The summed E-state index contributed by atoms with van der Waals surface area (Å²) in [6.07, 6.45) is -4.34. The molecule has 0 bridgehead atoms. The van der Waals surface area contributed by atoms with Crippen LogP contribution in [0.3, 0.4) is 0 Å². The van der Waals surface area contributed by atoms with Gasteiger partial charge in [-0.3, -0.25) is 4.79 Å². The van der Waals surface area contributed by atoms with Gasteiger partial charge in [0.2, 0.25) is 5.91 Å². The molecule has 1 heterocycles. The van der Waals surface area contributed by atoms with Gasteiger partial charge in [0.1, 0.15) is 24.2 Å². The average Bonchev–Trinajstić information content (AvgIpc) is 3.01. The first kappa shape index (κ1) is 19.0. The molecule has 144 valence electrons. The maximum atomic E-state index is 12.4. The zero-order valence-electron chi connectivity index (χ0n) is 14.5. The van der Waals surface area contributed by atoms with Gasteiger partial charge in [-0.25, -0.2) is 0 Å². The number of carbonyl (C=O) groups excluding carboxylic acids is 1. The quantitative estimate of drug-likeness (QED) is 0.834. The normalized spacial score (nSPS) is 15.8. The number of halogens is 3. The van der Waals surface area contributed by atoms with Crippen molar-refractivity contribution in [1.29, 1.82) is 0 Å². The molecule has 27 heavy (non-hydrogen) atoms. The van der Waals surface area contributed by atoms with Crippen LogP contribution in [-0.2, 0) is 16.0 Å². The molecule has 0 fully saturated rings. The average molecular weight is 381 g/mol. The van der Waals surface area contributed by atoms with Crippen molar-refractivity contribution in [3.8, 4) is 22.6 Å². The molecule has 0 aromatic heterocycles. The van der Waals surface area contributed by atoms with Crippen LogP contribution in [0.5, 0.6) is 11.5 Å². The Labute approximate surface area is 154 Å². The fraction of sp³-hybridized carbons (Fsp3) is 0.316. The number of ether oxygens (including phenoxy) is 3. The number of benzene rings is 2. The molecule has 0 saturated carbocycles. The number of amides is 1. The minimum Gasteiger partial charge on any atom is -0.488 e. The molecule has 1 atom stereocenters. The minimum absolute atomic E-state index is 0.0137. The predicted molar refractivity (Wildman–Crippen MR) is 91.6 cm³/mol. The molecule has 2 aromatic rings. The largest absolute Gasteiger partial charge is 0.573 e. The highest BCUT2D eigenvalue weighted by Crippen LogP contribution is 2.34. The van der Waals surface area contributed by atoms with E-state index in [0.29, 0.717) is 24.3 Å². The number of fused-ring (bicyclic) bond motifs is 1. The number of hydrogen-bond acceptors (Lipinski definition) is 4. The molecule has 3 rings (SSSR count). The third-order valence-electron chi connectivity index (χ3n) is 4.00. The Kier molecular flexibility index (Phi) is 5.55. The van der Waals surface area contributed by atoms with Crippen molar-refractivity contribution in [2.24, 2.45) is 0 Å². The van der Waals surface area contributed by atoms with E-state index in [0.717, 1.165) is 11.1 Å². The number of carbonyl (C=O) groups is 1. The van der Waals surface area contributed by atoms with Gasteiger partial charge in [-0.2, -0.15) is 0 Å². The summed E-state index contributed by atoms with van der Waals surface area (Å²) in [5.41, 5.74) is 2.30. The Hall–Kier alpha value is -2.74. The van der Waals surface area contributed by atoms with Crippen molar-refractivity contribution in [2.45, 2.75) is 18.9 Å². The topological polar surface area (TPSA) is 56.8 Å². The molecule has 0 saturated heterocycles. The van der Waals surface area contributed by atoms with Gasteiger partial charge in [0.05, 0.1) is 6.54 Å². The number of methoxy groups -OCH3 is 1. The Balaban J connectivity index is 1.69. The van der Waals surface area contributed by atoms with E-state index in [1.54, 1.807) is 18.2 Å². The summed E-state index contributed by atoms with van der Waals surface area (Å²) in [5, 5.41) is 2.72. The summed E-state index contributed by atoms with van der Waals surface area (Å²) in [7, 11) is 1.44. The first-order chi connectivity index (χ1) is 12.8. The summed E-state index contributed by atoms with van der Waals surface area (Å²) in [5.74, 6) is 0.210. The van der Waals surface area contributed by atoms with Crippen LogP contribution in [0.15, 0.2) is 42.5 Å². The van der Waals surface area contributed by atoms with Crippen molar-refractivity contribution in [1.82, 2.24) is 5.32 Å². The number of alkyl halides is 3. The molecular weight excluding hydrogens is 363 g/mol. The molecule has 1 unspecified atom stereocenters. The molecule has 1 aliphatic heterocycles. The van der Waals surface area contributed by atoms with E-state index in [4.69, 9.17) is 9.47 Å². The predicted octanol–water partition coefficient (Wildman–Crippen LogP) is 3.32. The number of hydrogen-bond donors (Lipinski definition) is 1. The molecule has 1 N–H and O–H groups in total. The van der Waals surface area contributed by atoms with Gasteiger partial charge in [-0.15, -0.1) is 13.2 Å². The lowest BCUT2D eigenvalue weighted by atomic mass is 10.0. The molecule has 0 aliphatic carbocycles. The van der Waals surface area contributed by atoms with Crippen molar-refractivity contribution < 1.29 is 32.2 Å². The summed E-state index contributed by atoms with van der Waals surface area (Å²) in [4.78, 5) is 11.5. The zero-order valence-corrected chi connectivity index (χ0v) is 14.5. The van der Waals surface area contributed by atoms with E-state index in [1.165, 1.54) is 25.3 Å². The third-order valence-corrected chi connectivity index (χ3v) is 4.00. The first-order valence-electron chi connectivity index (χ1n) is 8.25. The zero-order chi connectivity index (χ0) is 19.4. The van der Waals surface area contributed by atoms with Crippen LogP contribution in [0.1, 0.15) is 5.56 Å². The summed E-state index contributed by atoms with van der Waals surface area (Å²) in [6.45, 7) is 0.335. The standard InChI is InChI=1S/C19H18F3NO4/c1-25-11-18(24)23-10-16-9-14-7-13(5-6-17(14)26-16)12-3-2-4-15(8-12)27-19(20,21)22/h2-8,16H,9-11H2,1H3,(H,23,24). The fourth-order valence-electron chi connectivity index (χ4n) is 2.90. The van der Waals surface area contributed by atoms with Gasteiger partial charge in [-0.05, 0) is 41.0 Å². The van der Waals surface area contributed by atoms with Crippen molar-refractivity contribution in [3.05, 3.63) is 48.0 Å². The van der Waals surface area contributed by atoms with Crippen LogP contribution in [-0.4, -0.2) is 38.6 Å². The molecule has 8 heteroatoms. The Morgan fingerprint density at radius 2 is 2.00 bits per heavy atom. The molecule has 1 amide bonds. The van der Waals surface area contributed by atoms with Crippen LogP contribution in [0.4, 0.5) is 13.2 Å². The lowest BCUT2D eigenvalue weighted by Crippen LogP contribution is -2.36. The monoisotopic (exact) mass is 381 g/mol. The number of nitrogens with one attached hydrogen (secondary N) is 1. The highest BCUT2D eigenvalue weighted by atomic mass is 19.4. The van der Waals surface area contributed by atoms with Crippen molar-refractivity contribution in [2.75, 3.05) is 20.3 Å². The van der Waals surface area contributed by atoms with Gasteiger partial charge in [0.15, 0.2) is 0 Å². The lowest BCUT2D eigenvalue weighted by Gasteiger charge is -2.11. The van der Waals surface area contributed by atoms with Gasteiger partial charge in [-0.1, -0.05) is 18.2 Å². The maximum absolute atomic E-state index is 12.4. The van der Waals surface area contributed by atoms with Crippen LogP contribution in [0, 0.1) is 0 Å². The van der Waals surface area contributed by atoms with Crippen LogP contribution in [0.25, 0.3) is 11.1 Å². The van der Waals surface area contributed by atoms with Crippen LogP contribution < -0.4 is 14.8 Å². The highest BCUT2D eigenvalue weighted by molar-refractivity contribution is 5.77. The first-order valence-corrected chi connectivity index (χ1v) is 8.25. The molecule has 1 aliphatic rings. The maximum Gasteiger partial charge on any atom is 0.573 e. The second-order valence-corrected chi connectivity index (χ2v) is 6.08. The van der Waals surface area contributed by atoms with E-state index < -0.39 is 6.36 Å². The van der Waals surface area contributed by atoms with E-state index >= 15 is 0 Å². The summed E-state index contributed by atoms with van der Waals surface area (Å²) >= 11 is 0. The Morgan fingerprint density at radius 3 is 2.74 bits per heavy atom. The van der Waals surface area contributed by atoms with Gasteiger partial charge in [0, 0.05) is 13.5 Å². The minimum atomic E-state index is -4.73. The highest BCUT2D eigenvalue weighted by Gasteiger charge is 2.31. The van der Waals surface area contributed by atoms with Gasteiger partial charge < -0.3 is 19.5 Å². The molecule has 0 radical (unpaired) electrons. The smallest absolute Gasteiger partial charge is 0.488 e. The molecule has 2 aromatic carbocycles. The van der Waals surface area contributed by atoms with Crippen LogP contribution in [0.2, 0.25) is 0 Å². The van der Waals surface area contributed by atoms with Crippen molar-refractivity contribution >= 4 is 5.91 Å². The van der Waals surface area contributed by atoms with Crippen LogP contribution >= 0.6 is 0 Å². The van der Waals surface area contributed by atoms with E-state index in [9.17, 15) is 18.0 Å². The number of rotatable bonds is 6. The second kappa shape index (κ2) is 7.87. The van der Waals surface area contributed by atoms with E-state index in [1.807, 2.05) is 6.07 Å². The summed E-state index contributed by atoms with van der Waals surface area (Å²) < 4.78 is 51.7. The van der Waals surface area contributed by atoms with Gasteiger partial charge >= 0.3 is 6.36 Å².